The third kappa shape index (κ3) is 3.24. The number of benzene rings is 2. The molecule has 2 aromatic rings. The van der Waals surface area contributed by atoms with E-state index in [4.69, 9.17) is 0 Å². The maximum absolute atomic E-state index is 2.38. The SMILES string of the molecule is Ic1ccccc1SCc1ccccc1. The van der Waals surface area contributed by atoms with Gasteiger partial charge in [-0.2, -0.15) is 0 Å². The second kappa shape index (κ2) is 5.56. The predicted molar refractivity (Wildman–Crippen MR) is 75.2 cm³/mol. The zero-order chi connectivity index (χ0) is 10.5. The maximum Gasteiger partial charge on any atom is 0.0266 e. The highest BCUT2D eigenvalue weighted by molar-refractivity contribution is 14.1. The van der Waals surface area contributed by atoms with Crippen LogP contribution >= 0.6 is 34.4 Å². The lowest BCUT2D eigenvalue weighted by Crippen LogP contribution is -1.81. The molecule has 0 fully saturated rings. The van der Waals surface area contributed by atoms with Gasteiger partial charge in [-0.3, -0.25) is 0 Å². The molecule has 15 heavy (non-hydrogen) atoms. The van der Waals surface area contributed by atoms with Crippen LogP contribution in [0.5, 0.6) is 0 Å². The molecule has 0 aliphatic rings. The Labute approximate surface area is 108 Å². The molecule has 0 saturated carbocycles. The van der Waals surface area contributed by atoms with Crippen LogP contribution in [-0.2, 0) is 5.75 Å². The molecule has 0 nitrogen and oxygen atoms in total. The number of halogens is 1. The van der Waals surface area contributed by atoms with Gasteiger partial charge in [0, 0.05) is 14.2 Å². The molecule has 0 aliphatic carbocycles. The summed E-state index contributed by atoms with van der Waals surface area (Å²) in [7, 11) is 0. The van der Waals surface area contributed by atoms with E-state index in [1.54, 1.807) is 0 Å². The van der Waals surface area contributed by atoms with Crippen molar-refractivity contribution < 1.29 is 0 Å². The van der Waals surface area contributed by atoms with Gasteiger partial charge in [0.15, 0.2) is 0 Å². The van der Waals surface area contributed by atoms with Gasteiger partial charge in [-0.1, -0.05) is 42.5 Å². The van der Waals surface area contributed by atoms with Crippen LogP contribution in [0.2, 0.25) is 0 Å². The predicted octanol–water partition coefficient (Wildman–Crippen LogP) is 4.58. The van der Waals surface area contributed by atoms with Crippen molar-refractivity contribution in [2.24, 2.45) is 0 Å². The van der Waals surface area contributed by atoms with Crippen molar-refractivity contribution in [1.82, 2.24) is 0 Å². The van der Waals surface area contributed by atoms with Crippen molar-refractivity contribution >= 4 is 34.4 Å². The van der Waals surface area contributed by atoms with E-state index in [-0.39, 0.29) is 0 Å². The van der Waals surface area contributed by atoms with E-state index >= 15 is 0 Å². The first-order valence-electron chi connectivity index (χ1n) is 4.77. The van der Waals surface area contributed by atoms with Gasteiger partial charge in [0.1, 0.15) is 0 Å². The molecule has 0 spiro atoms. The fourth-order valence-electron chi connectivity index (χ4n) is 1.30. The molecule has 0 heterocycles. The zero-order valence-corrected chi connectivity index (χ0v) is 11.2. The topological polar surface area (TPSA) is 0 Å². The molecule has 0 aromatic heterocycles. The average molecular weight is 326 g/mol. The van der Waals surface area contributed by atoms with Gasteiger partial charge < -0.3 is 0 Å². The summed E-state index contributed by atoms with van der Waals surface area (Å²) < 4.78 is 1.33. The lowest BCUT2D eigenvalue weighted by Gasteiger charge is -2.03. The Bertz CT molecular complexity index is 426. The van der Waals surface area contributed by atoms with Crippen molar-refractivity contribution in [3.05, 3.63) is 63.7 Å². The Morgan fingerprint density at radius 1 is 0.867 bits per heavy atom. The molecule has 0 N–H and O–H groups in total. The smallest absolute Gasteiger partial charge is 0.0266 e. The summed E-state index contributed by atoms with van der Waals surface area (Å²) in [4.78, 5) is 1.36. The molecular weight excluding hydrogens is 315 g/mol. The molecule has 0 atom stereocenters. The fourth-order valence-corrected chi connectivity index (χ4v) is 3.05. The van der Waals surface area contributed by atoms with Gasteiger partial charge in [0.25, 0.3) is 0 Å². The normalized spacial score (nSPS) is 10.2. The number of hydrogen-bond donors (Lipinski definition) is 0. The summed E-state index contributed by atoms with van der Waals surface area (Å²) in [6.45, 7) is 0. The minimum Gasteiger partial charge on any atom is -0.120 e. The summed E-state index contributed by atoms with van der Waals surface area (Å²) in [5.41, 5.74) is 1.38. The first-order valence-corrected chi connectivity index (χ1v) is 6.84. The van der Waals surface area contributed by atoms with Crippen LogP contribution < -0.4 is 0 Å². The van der Waals surface area contributed by atoms with E-state index in [9.17, 15) is 0 Å². The second-order valence-electron chi connectivity index (χ2n) is 3.20. The van der Waals surface area contributed by atoms with E-state index in [1.165, 1.54) is 14.0 Å². The third-order valence-corrected chi connectivity index (χ3v) is 4.53. The van der Waals surface area contributed by atoms with Crippen LogP contribution in [0.4, 0.5) is 0 Å². The van der Waals surface area contributed by atoms with Crippen LogP contribution in [0.3, 0.4) is 0 Å². The lowest BCUT2D eigenvalue weighted by atomic mass is 10.2. The molecule has 0 aliphatic heterocycles. The van der Waals surface area contributed by atoms with E-state index in [1.807, 2.05) is 11.8 Å². The Hall–Kier alpha value is -0.480. The monoisotopic (exact) mass is 326 g/mol. The summed E-state index contributed by atoms with van der Waals surface area (Å²) in [6, 6.07) is 19.1. The first kappa shape index (κ1) is 11.0. The Morgan fingerprint density at radius 3 is 2.27 bits per heavy atom. The number of rotatable bonds is 3. The van der Waals surface area contributed by atoms with Gasteiger partial charge in [0.05, 0.1) is 0 Å². The van der Waals surface area contributed by atoms with Gasteiger partial charge in [-0.05, 0) is 40.3 Å². The Kier molecular flexibility index (Phi) is 4.09. The zero-order valence-electron chi connectivity index (χ0n) is 8.19. The summed E-state index contributed by atoms with van der Waals surface area (Å²) in [5.74, 6) is 1.04. The molecule has 2 heteroatoms. The maximum atomic E-state index is 2.38. The molecule has 0 saturated heterocycles. The van der Waals surface area contributed by atoms with Crippen molar-refractivity contribution in [3.8, 4) is 0 Å². The van der Waals surface area contributed by atoms with Crippen LogP contribution in [0.1, 0.15) is 5.56 Å². The van der Waals surface area contributed by atoms with Crippen molar-refractivity contribution in [2.75, 3.05) is 0 Å². The van der Waals surface area contributed by atoms with E-state index in [0.29, 0.717) is 0 Å². The molecule has 0 unspecified atom stereocenters. The highest BCUT2D eigenvalue weighted by atomic mass is 127. The first-order chi connectivity index (χ1) is 7.36. The number of hydrogen-bond acceptors (Lipinski definition) is 1. The molecule has 2 rings (SSSR count). The van der Waals surface area contributed by atoms with E-state index in [0.717, 1.165) is 5.75 Å². The summed E-state index contributed by atoms with van der Waals surface area (Å²) >= 11 is 4.27. The Balaban J connectivity index is 2.03. The van der Waals surface area contributed by atoms with Crippen molar-refractivity contribution in [2.45, 2.75) is 10.6 Å². The molecule has 76 valence electrons. The molecule has 0 bridgehead atoms. The lowest BCUT2D eigenvalue weighted by molar-refractivity contribution is 1.36. The quantitative estimate of drug-likeness (QED) is 0.587. The minimum absolute atomic E-state index is 1.04. The highest BCUT2D eigenvalue weighted by Gasteiger charge is 1.99. The van der Waals surface area contributed by atoms with Crippen molar-refractivity contribution in [1.29, 1.82) is 0 Å². The molecular formula is C13H11IS. The van der Waals surface area contributed by atoms with E-state index in [2.05, 4.69) is 77.2 Å². The molecule has 2 aromatic carbocycles. The van der Waals surface area contributed by atoms with Gasteiger partial charge in [0.2, 0.25) is 0 Å². The van der Waals surface area contributed by atoms with Gasteiger partial charge >= 0.3 is 0 Å². The average Bonchev–Trinajstić information content (AvgIpc) is 2.29. The fraction of sp³-hybridized carbons (Fsp3) is 0.0769. The second-order valence-corrected chi connectivity index (χ2v) is 5.38. The largest absolute Gasteiger partial charge is 0.120 e. The Morgan fingerprint density at radius 2 is 1.53 bits per heavy atom. The molecule has 0 radical (unpaired) electrons. The number of thioether (sulfide) groups is 1. The van der Waals surface area contributed by atoms with Crippen LogP contribution in [-0.4, -0.2) is 0 Å². The third-order valence-electron chi connectivity index (χ3n) is 2.07. The van der Waals surface area contributed by atoms with Gasteiger partial charge in [-0.25, -0.2) is 0 Å². The molecule has 0 amide bonds. The standard InChI is InChI=1S/C13H11IS/c14-12-8-4-5-9-13(12)15-10-11-6-2-1-3-7-11/h1-9H,10H2. The van der Waals surface area contributed by atoms with Crippen molar-refractivity contribution in [3.63, 3.8) is 0 Å². The van der Waals surface area contributed by atoms with Gasteiger partial charge in [-0.15, -0.1) is 11.8 Å². The summed E-state index contributed by atoms with van der Waals surface area (Å²) in [6.07, 6.45) is 0. The minimum atomic E-state index is 1.04. The van der Waals surface area contributed by atoms with Crippen LogP contribution in [0, 0.1) is 3.57 Å². The van der Waals surface area contributed by atoms with E-state index < -0.39 is 0 Å². The van der Waals surface area contributed by atoms with Crippen LogP contribution in [0.15, 0.2) is 59.5 Å². The summed E-state index contributed by atoms with van der Waals surface area (Å²) in [5, 5.41) is 0. The van der Waals surface area contributed by atoms with Crippen LogP contribution in [0.25, 0.3) is 0 Å². The highest BCUT2D eigenvalue weighted by Crippen LogP contribution is 2.26.